The number of rotatable bonds is 6. The second-order valence-corrected chi connectivity index (χ2v) is 5.86. The van der Waals surface area contributed by atoms with Crippen molar-refractivity contribution in [2.24, 2.45) is 5.92 Å². The topological polar surface area (TPSA) is 77.1 Å². The number of benzene rings is 1. The minimum atomic E-state index is -0.647. The molecule has 1 atom stereocenters. The van der Waals surface area contributed by atoms with E-state index in [9.17, 15) is 9.59 Å². The third kappa shape index (κ3) is 3.90. The van der Waals surface area contributed by atoms with Crippen LogP contribution in [0.25, 0.3) is 0 Å². The van der Waals surface area contributed by atoms with Crippen LogP contribution in [0.5, 0.6) is 11.5 Å². The van der Waals surface area contributed by atoms with Gasteiger partial charge in [-0.05, 0) is 18.9 Å². The van der Waals surface area contributed by atoms with Gasteiger partial charge in [0.05, 0.1) is 7.11 Å². The molecular weight excluding hydrogens is 312 g/mol. The molecule has 1 aromatic carbocycles. The van der Waals surface area contributed by atoms with Gasteiger partial charge >= 0.3 is 6.09 Å². The lowest BCUT2D eigenvalue weighted by Gasteiger charge is -2.29. The molecule has 1 aromatic rings. The van der Waals surface area contributed by atoms with Crippen LogP contribution in [0.2, 0.25) is 0 Å². The zero-order chi connectivity index (χ0) is 17.7. The fourth-order valence-corrected chi connectivity index (χ4v) is 2.56. The fraction of sp³-hybridized carbons (Fsp3) is 0.529. The highest BCUT2D eigenvalue weighted by Crippen LogP contribution is 2.36. The number of hydrogen-bond acceptors (Lipinski definition) is 5. The molecular formula is C17H24N2O5. The summed E-state index contributed by atoms with van der Waals surface area (Å²) in [4.78, 5) is 26.0. The monoisotopic (exact) mass is 336 g/mol. The van der Waals surface area contributed by atoms with Crippen LogP contribution in [-0.2, 0) is 16.1 Å². The van der Waals surface area contributed by atoms with Crippen molar-refractivity contribution >= 4 is 12.0 Å². The first-order valence-electron chi connectivity index (χ1n) is 7.98. The van der Waals surface area contributed by atoms with Gasteiger partial charge in [-0.1, -0.05) is 26.0 Å². The summed E-state index contributed by atoms with van der Waals surface area (Å²) in [5.74, 6) is 1.14. The summed E-state index contributed by atoms with van der Waals surface area (Å²) in [6, 6.07) is 4.96. The van der Waals surface area contributed by atoms with Crippen molar-refractivity contribution in [2.75, 3.05) is 20.4 Å². The predicted octanol–water partition coefficient (Wildman–Crippen LogP) is 2.14. The molecule has 0 aliphatic carbocycles. The lowest BCUT2D eigenvalue weighted by molar-refractivity contribution is -0.134. The number of nitrogens with one attached hydrogen (secondary N) is 1. The zero-order valence-electron chi connectivity index (χ0n) is 14.5. The van der Waals surface area contributed by atoms with Gasteiger partial charge in [-0.2, -0.15) is 0 Å². The van der Waals surface area contributed by atoms with E-state index in [4.69, 9.17) is 9.47 Å². The van der Waals surface area contributed by atoms with E-state index >= 15 is 0 Å². The molecule has 1 heterocycles. The number of carbonyl (C=O) groups excluding carboxylic acids is 2. The number of ether oxygens (including phenoxy) is 3. The maximum atomic E-state index is 12.9. The van der Waals surface area contributed by atoms with E-state index in [1.807, 2.05) is 39.0 Å². The highest BCUT2D eigenvalue weighted by atomic mass is 16.7. The number of para-hydroxylation sites is 1. The zero-order valence-corrected chi connectivity index (χ0v) is 14.5. The summed E-state index contributed by atoms with van der Waals surface area (Å²) in [6.45, 7) is 6.73. The molecule has 2 rings (SSSR count). The predicted molar refractivity (Wildman–Crippen MR) is 87.8 cm³/mol. The van der Waals surface area contributed by atoms with Crippen molar-refractivity contribution in [1.29, 1.82) is 0 Å². The molecule has 0 saturated carbocycles. The quantitative estimate of drug-likeness (QED) is 0.861. The molecule has 0 aromatic heterocycles. The molecule has 0 spiro atoms. The number of fused-ring (bicyclic) bond motifs is 1. The maximum absolute atomic E-state index is 12.9. The van der Waals surface area contributed by atoms with Gasteiger partial charge in [0.25, 0.3) is 0 Å². The van der Waals surface area contributed by atoms with Crippen molar-refractivity contribution < 1.29 is 23.8 Å². The molecule has 0 unspecified atom stereocenters. The Hall–Kier alpha value is -2.44. The molecule has 132 valence electrons. The SMILES string of the molecule is CCN(Cc1cccc2c1OCO2)C(=O)[C@@H](NC(=O)OC)C(C)C. The first kappa shape index (κ1) is 17.9. The minimum absolute atomic E-state index is 0.0632. The summed E-state index contributed by atoms with van der Waals surface area (Å²) in [5.41, 5.74) is 0.876. The molecule has 1 N–H and O–H groups in total. The summed E-state index contributed by atoms with van der Waals surface area (Å²) in [7, 11) is 1.28. The molecule has 7 heteroatoms. The standard InChI is InChI=1S/C17H24N2O5/c1-5-19(16(20)14(11(2)3)18-17(21)22-4)9-12-7-6-8-13-15(12)24-10-23-13/h6-8,11,14H,5,9-10H2,1-4H3,(H,18,21)/t14-/m0/s1. The highest BCUT2D eigenvalue weighted by molar-refractivity contribution is 5.86. The fourth-order valence-electron chi connectivity index (χ4n) is 2.56. The van der Waals surface area contributed by atoms with E-state index in [2.05, 4.69) is 10.1 Å². The van der Waals surface area contributed by atoms with Crippen LogP contribution >= 0.6 is 0 Å². The molecule has 0 radical (unpaired) electrons. The second kappa shape index (κ2) is 7.90. The molecule has 0 saturated heterocycles. The van der Waals surface area contributed by atoms with Crippen LogP contribution in [0.4, 0.5) is 4.79 Å². The minimum Gasteiger partial charge on any atom is -0.454 e. The Kier molecular flexibility index (Phi) is 5.89. The lowest BCUT2D eigenvalue weighted by Crippen LogP contribution is -2.51. The van der Waals surface area contributed by atoms with Crippen molar-refractivity contribution in [3.05, 3.63) is 23.8 Å². The summed E-state index contributed by atoms with van der Waals surface area (Å²) in [5, 5.41) is 2.61. The van der Waals surface area contributed by atoms with E-state index in [0.717, 1.165) is 5.56 Å². The Labute approximate surface area is 141 Å². The lowest BCUT2D eigenvalue weighted by atomic mass is 10.0. The summed E-state index contributed by atoms with van der Waals surface area (Å²) >= 11 is 0. The Balaban J connectivity index is 2.16. The number of nitrogens with zero attached hydrogens (tertiary/aromatic N) is 1. The number of amides is 2. The summed E-state index contributed by atoms with van der Waals surface area (Å²) in [6.07, 6.45) is -0.615. The molecule has 0 bridgehead atoms. The number of carbonyl (C=O) groups is 2. The average Bonchev–Trinajstić information content (AvgIpc) is 3.05. The molecule has 0 fully saturated rings. The maximum Gasteiger partial charge on any atom is 0.407 e. The average molecular weight is 336 g/mol. The molecule has 7 nitrogen and oxygen atoms in total. The first-order valence-corrected chi connectivity index (χ1v) is 7.98. The van der Waals surface area contributed by atoms with Gasteiger partial charge in [0, 0.05) is 18.7 Å². The van der Waals surface area contributed by atoms with Gasteiger partial charge < -0.3 is 24.4 Å². The smallest absolute Gasteiger partial charge is 0.407 e. The van der Waals surface area contributed by atoms with Crippen LogP contribution in [0.3, 0.4) is 0 Å². The van der Waals surface area contributed by atoms with E-state index in [1.165, 1.54) is 7.11 Å². The van der Waals surface area contributed by atoms with Crippen molar-refractivity contribution in [1.82, 2.24) is 10.2 Å². The highest BCUT2D eigenvalue weighted by Gasteiger charge is 2.29. The van der Waals surface area contributed by atoms with Crippen LogP contribution in [0.1, 0.15) is 26.3 Å². The third-order valence-corrected chi connectivity index (χ3v) is 3.92. The molecule has 24 heavy (non-hydrogen) atoms. The van der Waals surface area contributed by atoms with E-state index in [-0.39, 0.29) is 18.6 Å². The normalized spacial score (nSPS) is 13.5. The van der Waals surface area contributed by atoms with Crippen molar-refractivity contribution in [2.45, 2.75) is 33.4 Å². The van der Waals surface area contributed by atoms with Crippen LogP contribution in [0.15, 0.2) is 18.2 Å². The summed E-state index contributed by atoms with van der Waals surface area (Å²) < 4.78 is 15.5. The molecule has 1 aliphatic heterocycles. The Morgan fingerprint density at radius 1 is 1.33 bits per heavy atom. The van der Waals surface area contributed by atoms with Gasteiger partial charge in [-0.25, -0.2) is 4.79 Å². The van der Waals surface area contributed by atoms with Gasteiger partial charge in [0.2, 0.25) is 12.7 Å². The van der Waals surface area contributed by atoms with Gasteiger partial charge in [0.15, 0.2) is 11.5 Å². The van der Waals surface area contributed by atoms with Crippen molar-refractivity contribution in [3.63, 3.8) is 0 Å². The first-order chi connectivity index (χ1) is 11.5. The van der Waals surface area contributed by atoms with E-state index in [0.29, 0.717) is 24.6 Å². The Morgan fingerprint density at radius 2 is 2.08 bits per heavy atom. The second-order valence-electron chi connectivity index (χ2n) is 5.86. The van der Waals surface area contributed by atoms with Crippen molar-refractivity contribution in [3.8, 4) is 11.5 Å². The van der Waals surface area contributed by atoms with E-state index < -0.39 is 12.1 Å². The number of likely N-dealkylation sites (N-methyl/N-ethyl adjacent to an activating group) is 1. The van der Waals surface area contributed by atoms with Gasteiger partial charge in [0.1, 0.15) is 6.04 Å². The third-order valence-electron chi connectivity index (χ3n) is 3.92. The Bertz CT molecular complexity index is 603. The van der Waals surface area contributed by atoms with Crippen LogP contribution in [0, 0.1) is 5.92 Å². The van der Waals surface area contributed by atoms with Crippen LogP contribution < -0.4 is 14.8 Å². The molecule has 1 aliphatic rings. The molecule has 2 amide bonds. The van der Waals surface area contributed by atoms with Gasteiger partial charge in [-0.15, -0.1) is 0 Å². The largest absolute Gasteiger partial charge is 0.454 e. The van der Waals surface area contributed by atoms with Gasteiger partial charge in [-0.3, -0.25) is 4.79 Å². The Morgan fingerprint density at radius 3 is 2.71 bits per heavy atom. The van der Waals surface area contributed by atoms with Crippen LogP contribution in [-0.4, -0.2) is 43.4 Å². The number of methoxy groups -OCH3 is 1. The number of alkyl carbamates (subject to hydrolysis) is 1. The van der Waals surface area contributed by atoms with E-state index in [1.54, 1.807) is 4.90 Å². The number of hydrogen-bond donors (Lipinski definition) is 1.